The second-order valence-corrected chi connectivity index (χ2v) is 9.69. The summed E-state index contributed by atoms with van der Waals surface area (Å²) < 4.78 is 65.3. The molecule has 0 spiro atoms. The van der Waals surface area contributed by atoms with Gasteiger partial charge >= 0.3 is 25.4 Å². The number of phosphoric acid groups is 1. The Morgan fingerprint density at radius 2 is 2.03 bits per heavy atom. The predicted molar refractivity (Wildman–Crippen MR) is 124 cm³/mol. The van der Waals surface area contributed by atoms with Gasteiger partial charge in [0.2, 0.25) is 6.23 Å². The van der Waals surface area contributed by atoms with E-state index < -0.39 is 56.9 Å². The number of aromatic nitrogens is 2. The first-order valence-electron chi connectivity index (χ1n) is 11.2. The monoisotopic (exact) mass is 576 g/mol. The summed E-state index contributed by atoms with van der Waals surface area (Å²) in [6.45, 7) is -1.66. The Morgan fingerprint density at radius 1 is 1.28 bits per heavy atom. The number of nitrogens with zero attached hydrogens (tertiary/aromatic N) is 2. The Morgan fingerprint density at radius 3 is 2.67 bits per heavy atom. The molecule has 212 valence electrons. The maximum absolute atomic E-state index is 14.6. The van der Waals surface area contributed by atoms with Crippen molar-refractivity contribution in [3.63, 3.8) is 0 Å². The Hall–Kier alpha value is -3.24. The molecule has 0 bridgehead atoms. The van der Waals surface area contributed by atoms with Gasteiger partial charge in [-0.3, -0.25) is 13.9 Å². The number of fused-ring (bicyclic) bond motifs is 1. The topological polar surface area (TPSA) is 200 Å². The van der Waals surface area contributed by atoms with Gasteiger partial charge in [-0.05, 0) is 24.3 Å². The molecule has 0 unspecified atom stereocenters. The third-order valence-electron chi connectivity index (χ3n) is 5.75. The number of aliphatic hydroxyl groups excluding tert-OH is 2. The van der Waals surface area contributed by atoms with E-state index in [0.29, 0.717) is 26.8 Å². The summed E-state index contributed by atoms with van der Waals surface area (Å²) in [4.78, 5) is 45.8. The van der Waals surface area contributed by atoms with Crippen LogP contribution in [0.3, 0.4) is 0 Å². The Balaban J connectivity index is 1.40. The lowest BCUT2D eigenvalue weighted by atomic mass is 10.1. The first kappa shape index (κ1) is 28.8. The molecule has 0 saturated carbocycles. The predicted octanol–water partition coefficient (Wildman–Crippen LogP) is 0.779. The number of phosphoric ester groups is 1. The summed E-state index contributed by atoms with van der Waals surface area (Å²) in [5.41, 5.74) is -0.490. The van der Waals surface area contributed by atoms with Gasteiger partial charge in [0.15, 0.2) is 6.10 Å². The SMILES string of the molecule is COc1cc(CO)c2oc(COC(=O)Cc3ccn([C@@H]4O[C@H](COP(=O)(O)O)[C@@H](O)C4(F)F)c(=O)n3)cc2c1. The molecule has 1 aliphatic heterocycles. The zero-order chi connectivity index (χ0) is 28.5. The molecule has 3 atom stereocenters. The van der Waals surface area contributed by atoms with Crippen molar-refractivity contribution in [2.75, 3.05) is 13.7 Å². The van der Waals surface area contributed by atoms with Crippen molar-refractivity contribution in [2.45, 2.75) is 44.0 Å². The average molecular weight is 576 g/mol. The highest BCUT2D eigenvalue weighted by Crippen LogP contribution is 2.44. The molecule has 14 nitrogen and oxygen atoms in total. The maximum atomic E-state index is 14.6. The lowest BCUT2D eigenvalue weighted by Gasteiger charge is -2.21. The number of alkyl halides is 2. The van der Waals surface area contributed by atoms with E-state index in [9.17, 15) is 33.1 Å². The second-order valence-electron chi connectivity index (χ2n) is 8.45. The fraction of sp³-hybridized carbons (Fsp3) is 0.409. The highest BCUT2D eigenvalue weighted by atomic mass is 31.2. The largest absolute Gasteiger partial charge is 0.497 e. The van der Waals surface area contributed by atoms with Gasteiger partial charge < -0.3 is 38.6 Å². The summed E-state index contributed by atoms with van der Waals surface area (Å²) in [6.07, 6.45) is -6.36. The first-order valence-corrected chi connectivity index (χ1v) is 12.7. The summed E-state index contributed by atoms with van der Waals surface area (Å²) in [5, 5.41) is 20.0. The van der Waals surface area contributed by atoms with Crippen molar-refractivity contribution in [1.29, 1.82) is 0 Å². The van der Waals surface area contributed by atoms with Crippen molar-refractivity contribution < 1.29 is 61.3 Å². The maximum Gasteiger partial charge on any atom is 0.469 e. The number of methoxy groups -OCH3 is 1. The Labute approximate surface area is 217 Å². The van der Waals surface area contributed by atoms with Gasteiger partial charge in [0.1, 0.15) is 29.8 Å². The molecular formula is C22H23F2N2O12P. The van der Waals surface area contributed by atoms with Gasteiger partial charge in [0, 0.05) is 17.1 Å². The highest BCUT2D eigenvalue weighted by Gasteiger charge is 2.60. The molecule has 3 heterocycles. The standard InChI is InChI=1S/C22H23F2N2O12P/c1-34-14-4-11-5-15(37-18(11)12(6-14)8-27)9-35-17(28)7-13-2-3-26(21(30)25-13)20-22(23,24)19(29)16(38-20)10-36-39(31,32)33/h2-6,16,19-20,27,29H,7-10H2,1H3,(H2,31,32,33)/t16-,19-,20-/m1/s1. The van der Waals surface area contributed by atoms with Crippen LogP contribution in [0.5, 0.6) is 5.75 Å². The number of ether oxygens (including phenoxy) is 3. The van der Waals surface area contributed by atoms with Gasteiger partial charge in [0.25, 0.3) is 0 Å². The van der Waals surface area contributed by atoms with Crippen LogP contribution < -0.4 is 10.4 Å². The lowest BCUT2D eigenvalue weighted by Crippen LogP contribution is -2.42. The van der Waals surface area contributed by atoms with E-state index in [2.05, 4.69) is 9.51 Å². The van der Waals surface area contributed by atoms with Gasteiger partial charge in [-0.2, -0.15) is 13.8 Å². The number of esters is 1. The van der Waals surface area contributed by atoms with Crippen LogP contribution in [-0.2, 0) is 43.0 Å². The molecule has 39 heavy (non-hydrogen) atoms. The van der Waals surface area contributed by atoms with Crippen LogP contribution in [0.1, 0.15) is 23.2 Å². The van der Waals surface area contributed by atoms with Crippen molar-refractivity contribution in [2.24, 2.45) is 0 Å². The quantitative estimate of drug-likeness (QED) is 0.195. The molecule has 1 fully saturated rings. The smallest absolute Gasteiger partial charge is 0.469 e. The molecule has 1 aliphatic rings. The number of hydrogen-bond acceptors (Lipinski definition) is 11. The normalized spacial score (nSPS) is 20.8. The summed E-state index contributed by atoms with van der Waals surface area (Å²) in [6, 6.07) is 5.96. The zero-order valence-corrected chi connectivity index (χ0v) is 21.0. The first-order chi connectivity index (χ1) is 18.3. The molecule has 4 N–H and O–H groups in total. The van der Waals surface area contributed by atoms with E-state index in [1.165, 1.54) is 7.11 Å². The van der Waals surface area contributed by atoms with Crippen LogP contribution in [0, 0.1) is 0 Å². The van der Waals surface area contributed by atoms with Crippen LogP contribution in [0.2, 0.25) is 0 Å². The minimum atomic E-state index is -5.03. The van der Waals surface area contributed by atoms with Crippen molar-refractivity contribution in [3.8, 4) is 5.75 Å². The van der Waals surface area contributed by atoms with E-state index in [1.807, 2.05) is 0 Å². The Kier molecular flexibility index (Phi) is 8.18. The average Bonchev–Trinajstić information content (AvgIpc) is 3.38. The fourth-order valence-electron chi connectivity index (χ4n) is 3.91. The van der Waals surface area contributed by atoms with Crippen molar-refractivity contribution in [3.05, 3.63) is 58.0 Å². The minimum absolute atomic E-state index is 0.110. The Bertz CT molecular complexity index is 1470. The van der Waals surface area contributed by atoms with Gasteiger partial charge in [-0.1, -0.05) is 0 Å². The van der Waals surface area contributed by atoms with Crippen molar-refractivity contribution in [1.82, 2.24) is 9.55 Å². The number of carbonyl (C=O) groups is 1. The van der Waals surface area contributed by atoms with E-state index in [-0.39, 0.29) is 24.7 Å². The number of hydrogen-bond donors (Lipinski definition) is 4. The molecule has 4 rings (SSSR count). The molecular weight excluding hydrogens is 553 g/mol. The van der Waals surface area contributed by atoms with Crippen molar-refractivity contribution >= 4 is 24.8 Å². The summed E-state index contributed by atoms with van der Waals surface area (Å²) in [7, 11) is -3.56. The van der Waals surface area contributed by atoms with E-state index in [1.54, 1.807) is 18.2 Å². The number of rotatable bonds is 10. The number of benzene rings is 1. The molecule has 1 saturated heterocycles. The highest BCUT2D eigenvalue weighted by molar-refractivity contribution is 7.46. The lowest BCUT2D eigenvalue weighted by molar-refractivity contribution is -0.144. The molecule has 3 aromatic rings. The van der Waals surface area contributed by atoms with Gasteiger partial charge in [-0.15, -0.1) is 0 Å². The molecule has 0 radical (unpaired) electrons. The van der Waals surface area contributed by atoms with Crippen LogP contribution in [0.15, 0.2) is 39.7 Å². The number of halogens is 2. The zero-order valence-electron chi connectivity index (χ0n) is 20.1. The van der Waals surface area contributed by atoms with Gasteiger partial charge in [0.05, 0.1) is 32.4 Å². The fourth-order valence-corrected chi connectivity index (χ4v) is 4.25. The number of furan rings is 1. The van der Waals surface area contributed by atoms with Crippen LogP contribution in [0.4, 0.5) is 8.78 Å². The molecule has 0 aliphatic carbocycles. The van der Waals surface area contributed by atoms with Crippen LogP contribution in [-0.4, -0.2) is 67.4 Å². The van der Waals surface area contributed by atoms with Crippen LogP contribution >= 0.6 is 7.82 Å². The molecule has 2 aromatic heterocycles. The third-order valence-corrected chi connectivity index (χ3v) is 6.24. The molecule has 0 amide bonds. The van der Waals surface area contributed by atoms with E-state index in [4.69, 9.17) is 28.4 Å². The van der Waals surface area contributed by atoms with E-state index in [0.717, 1.165) is 12.3 Å². The summed E-state index contributed by atoms with van der Waals surface area (Å²) >= 11 is 0. The molecule has 1 aromatic carbocycles. The third kappa shape index (κ3) is 6.33. The second kappa shape index (κ2) is 11.1. The van der Waals surface area contributed by atoms with Gasteiger partial charge in [-0.25, -0.2) is 9.36 Å². The number of carbonyl (C=O) groups excluding carboxylic acids is 1. The van der Waals surface area contributed by atoms with E-state index >= 15 is 0 Å². The minimum Gasteiger partial charge on any atom is -0.497 e. The molecule has 17 heteroatoms. The number of aliphatic hydroxyl groups is 2. The summed E-state index contributed by atoms with van der Waals surface area (Å²) in [5.74, 6) is -4.09. The van der Waals surface area contributed by atoms with Crippen LogP contribution in [0.25, 0.3) is 11.0 Å².